The van der Waals surface area contributed by atoms with Crippen LogP contribution in [0.4, 0.5) is 8.78 Å². The topological polar surface area (TPSA) is 38.7 Å². The van der Waals surface area contributed by atoms with Gasteiger partial charge in [-0.05, 0) is 29.8 Å². The summed E-state index contributed by atoms with van der Waals surface area (Å²) >= 11 is 12.3. The van der Waals surface area contributed by atoms with Gasteiger partial charge in [0.2, 0.25) is 5.28 Å². The quantitative estimate of drug-likeness (QED) is 0.848. The first-order valence-electron chi connectivity index (χ1n) is 4.25. The summed E-state index contributed by atoms with van der Waals surface area (Å²) in [5, 5.41) is 7.24. The second-order valence-corrected chi connectivity index (χ2v) is 4.61. The minimum Gasteiger partial charge on any atom is -0.206 e. The van der Waals surface area contributed by atoms with E-state index in [0.29, 0.717) is 4.90 Å². The van der Waals surface area contributed by atoms with E-state index in [2.05, 4.69) is 15.2 Å². The van der Waals surface area contributed by atoms with Gasteiger partial charge in [-0.15, -0.1) is 10.2 Å². The molecule has 0 saturated heterocycles. The first-order chi connectivity index (χ1) is 8.06. The molecule has 0 aliphatic carbocycles. The van der Waals surface area contributed by atoms with Gasteiger partial charge in [-0.1, -0.05) is 23.4 Å². The lowest BCUT2D eigenvalue weighted by atomic mass is 10.3. The highest BCUT2D eigenvalue weighted by Crippen LogP contribution is 2.31. The van der Waals surface area contributed by atoms with E-state index < -0.39 is 11.6 Å². The highest BCUT2D eigenvalue weighted by atomic mass is 35.5. The molecule has 0 radical (unpaired) electrons. The molecule has 8 heteroatoms. The van der Waals surface area contributed by atoms with Gasteiger partial charge in [0, 0.05) is 4.90 Å². The lowest BCUT2D eigenvalue weighted by molar-refractivity contribution is 0.506. The number of hydrogen-bond donors (Lipinski definition) is 0. The number of halogens is 4. The average Bonchev–Trinajstić information content (AvgIpc) is 2.29. The Labute approximate surface area is 109 Å². The van der Waals surface area contributed by atoms with E-state index in [0.717, 1.165) is 23.9 Å². The van der Waals surface area contributed by atoms with E-state index in [1.807, 2.05) is 0 Å². The first kappa shape index (κ1) is 12.5. The molecular formula is C9H3Cl2F2N3S. The molecule has 0 spiro atoms. The van der Waals surface area contributed by atoms with Crippen LogP contribution in [0.3, 0.4) is 0 Å². The van der Waals surface area contributed by atoms with Gasteiger partial charge in [0.25, 0.3) is 0 Å². The van der Waals surface area contributed by atoms with Crippen LogP contribution in [0.5, 0.6) is 0 Å². The molecule has 0 amide bonds. The summed E-state index contributed by atoms with van der Waals surface area (Å²) in [6.07, 6.45) is 0. The fraction of sp³-hybridized carbons (Fsp3) is 0. The average molecular weight is 294 g/mol. The standard InChI is InChI=1S/C9H3Cl2F2N3S/c10-7-8(14-9(11)16-15-7)17-4-1-2-5(12)6(13)3-4/h1-3H. The first-order valence-corrected chi connectivity index (χ1v) is 5.82. The predicted molar refractivity (Wildman–Crippen MR) is 60.3 cm³/mol. The van der Waals surface area contributed by atoms with Crippen molar-refractivity contribution in [2.75, 3.05) is 0 Å². The summed E-state index contributed by atoms with van der Waals surface area (Å²) in [5.41, 5.74) is 0. The Morgan fingerprint density at radius 1 is 1.06 bits per heavy atom. The fourth-order valence-electron chi connectivity index (χ4n) is 0.997. The number of aromatic nitrogens is 3. The minimum absolute atomic E-state index is 0.0455. The van der Waals surface area contributed by atoms with Crippen LogP contribution in [-0.4, -0.2) is 15.2 Å². The SMILES string of the molecule is Fc1ccc(Sc2nc(Cl)nnc2Cl)cc1F. The van der Waals surface area contributed by atoms with Crippen molar-refractivity contribution in [2.24, 2.45) is 0 Å². The van der Waals surface area contributed by atoms with Gasteiger partial charge in [-0.2, -0.15) is 0 Å². The number of nitrogens with zero attached hydrogens (tertiary/aromatic N) is 3. The number of rotatable bonds is 2. The summed E-state index contributed by atoms with van der Waals surface area (Å²) in [7, 11) is 0. The summed E-state index contributed by atoms with van der Waals surface area (Å²) in [6.45, 7) is 0. The Kier molecular flexibility index (Phi) is 3.76. The van der Waals surface area contributed by atoms with Crippen LogP contribution in [0.25, 0.3) is 0 Å². The number of hydrogen-bond acceptors (Lipinski definition) is 4. The van der Waals surface area contributed by atoms with Crippen molar-refractivity contribution in [3.05, 3.63) is 40.3 Å². The molecule has 0 unspecified atom stereocenters. The van der Waals surface area contributed by atoms with E-state index in [1.165, 1.54) is 6.07 Å². The van der Waals surface area contributed by atoms with E-state index in [9.17, 15) is 8.78 Å². The molecular weight excluding hydrogens is 291 g/mol. The summed E-state index contributed by atoms with van der Waals surface area (Å²) < 4.78 is 25.7. The van der Waals surface area contributed by atoms with E-state index >= 15 is 0 Å². The maximum atomic E-state index is 13.0. The van der Waals surface area contributed by atoms with Crippen molar-refractivity contribution in [1.82, 2.24) is 15.2 Å². The van der Waals surface area contributed by atoms with Crippen LogP contribution in [0.15, 0.2) is 28.1 Å². The molecule has 17 heavy (non-hydrogen) atoms. The summed E-state index contributed by atoms with van der Waals surface area (Å²) in [6, 6.07) is 3.45. The van der Waals surface area contributed by atoms with Gasteiger partial charge in [0.1, 0.15) is 5.03 Å². The third kappa shape index (κ3) is 3.02. The van der Waals surface area contributed by atoms with Crippen LogP contribution in [0.2, 0.25) is 10.4 Å². The van der Waals surface area contributed by atoms with Crippen LogP contribution >= 0.6 is 35.0 Å². The van der Waals surface area contributed by atoms with Gasteiger partial charge < -0.3 is 0 Å². The molecule has 0 saturated carbocycles. The molecule has 88 valence electrons. The van der Waals surface area contributed by atoms with Crippen LogP contribution < -0.4 is 0 Å². The van der Waals surface area contributed by atoms with Gasteiger partial charge in [-0.25, -0.2) is 13.8 Å². The Hall–Kier alpha value is -0.980. The normalized spacial score (nSPS) is 10.6. The van der Waals surface area contributed by atoms with Crippen LogP contribution in [0, 0.1) is 11.6 Å². The van der Waals surface area contributed by atoms with Gasteiger partial charge >= 0.3 is 0 Å². The smallest absolute Gasteiger partial charge is 0.206 e. The molecule has 3 nitrogen and oxygen atoms in total. The number of benzene rings is 1. The Bertz CT molecular complexity index is 568. The Balaban J connectivity index is 2.31. The molecule has 1 heterocycles. The monoisotopic (exact) mass is 293 g/mol. The van der Waals surface area contributed by atoms with E-state index in [4.69, 9.17) is 23.2 Å². The van der Waals surface area contributed by atoms with Crippen molar-refractivity contribution in [3.8, 4) is 0 Å². The zero-order valence-electron chi connectivity index (χ0n) is 7.99. The summed E-state index contributed by atoms with van der Waals surface area (Å²) in [4.78, 5) is 4.26. The Morgan fingerprint density at radius 3 is 2.53 bits per heavy atom. The zero-order chi connectivity index (χ0) is 12.4. The van der Waals surface area contributed by atoms with Crippen molar-refractivity contribution in [1.29, 1.82) is 0 Å². The van der Waals surface area contributed by atoms with E-state index in [-0.39, 0.29) is 15.5 Å². The van der Waals surface area contributed by atoms with Crippen LogP contribution in [-0.2, 0) is 0 Å². The largest absolute Gasteiger partial charge is 0.244 e. The molecule has 2 rings (SSSR count). The lowest BCUT2D eigenvalue weighted by Gasteiger charge is -2.02. The molecule has 1 aromatic heterocycles. The second kappa shape index (κ2) is 5.12. The van der Waals surface area contributed by atoms with Crippen molar-refractivity contribution < 1.29 is 8.78 Å². The van der Waals surface area contributed by atoms with Gasteiger partial charge in [0.05, 0.1) is 0 Å². The maximum Gasteiger partial charge on any atom is 0.244 e. The minimum atomic E-state index is -0.945. The molecule has 0 fully saturated rings. The molecule has 0 N–H and O–H groups in total. The predicted octanol–water partition coefficient (Wildman–Crippen LogP) is 3.61. The second-order valence-electron chi connectivity index (χ2n) is 2.85. The molecule has 0 aliphatic rings. The third-order valence-electron chi connectivity index (χ3n) is 1.70. The highest BCUT2D eigenvalue weighted by Gasteiger charge is 2.10. The van der Waals surface area contributed by atoms with Crippen molar-refractivity contribution in [2.45, 2.75) is 9.92 Å². The molecule has 0 atom stereocenters. The maximum absolute atomic E-state index is 13.0. The molecule has 0 bridgehead atoms. The third-order valence-corrected chi connectivity index (χ3v) is 3.19. The van der Waals surface area contributed by atoms with Crippen molar-refractivity contribution >= 4 is 35.0 Å². The van der Waals surface area contributed by atoms with E-state index in [1.54, 1.807) is 0 Å². The molecule has 1 aromatic carbocycles. The molecule has 0 aliphatic heterocycles. The zero-order valence-corrected chi connectivity index (χ0v) is 10.3. The van der Waals surface area contributed by atoms with Crippen molar-refractivity contribution in [3.63, 3.8) is 0 Å². The van der Waals surface area contributed by atoms with Gasteiger partial charge in [0.15, 0.2) is 16.8 Å². The highest BCUT2D eigenvalue weighted by molar-refractivity contribution is 7.99. The lowest BCUT2D eigenvalue weighted by Crippen LogP contribution is -1.92. The fourth-order valence-corrected chi connectivity index (χ4v) is 2.14. The Morgan fingerprint density at radius 2 is 1.82 bits per heavy atom. The van der Waals surface area contributed by atoms with Crippen LogP contribution in [0.1, 0.15) is 0 Å². The molecule has 2 aromatic rings. The summed E-state index contributed by atoms with van der Waals surface area (Å²) in [5.74, 6) is -1.86. The van der Waals surface area contributed by atoms with Gasteiger partial charge in [-0.3, -0.25) is 0 Å².